The van der Waals surface area contributed by atoms with Crippen LogP contribution in [0.5, 0.6) is 0 Å². The Morgan fingerprint density at radius 2 is 1.77 bits per heavy atom. The van der Waals surface area contributed by atoms with Crippen LogP contribution in [0.4, 0.5) is 5.13 Å². The van der Waals surface area contributed by atoms with Crippen molar-refractivity contribution in [2.45, 2.75) is 19.0 Å². The van der Waals surface area contributed by atoms with Crippen molar-refractivity contribution in [1.29, 1.82) is 0 Å². The van der Waals surface area contributed by atoms with E-state index >= 15 is 0 Å². The molecule has 1 atom stereocenters. The van der Waals surface area contributed by atoms with Gasteiger partial charge in [0.1, 0.15) is 6.04 Å². The van der Waals surface area contributed by atoms with Crippen molar-refractivity contribution in [2.24, 2.45) is 0 Å². The first kappa shape index (κ1) is 16.5. The first-order valence-corrected chi connectivity index (χ1v) is 9.23. The van der Waals surface area contributed by atoms with E-state index in [0.29, 0.717) is 23.7 Å². The molecule has 3 aromatic rings. The predicted molar refractivity (Wildman–Crippen MR) is 101 cm³/mol. The topological polar surface area (TPSA) is 62.3 Å². The lowest BCUT2D eigenvalue weighted by atomic mass is 9.93. The molecule has 2 amide bonds. The number of nitrogens with one attached hydrogen (secondary N) is 1. The van der Waals surface area contributed by atoms with E-state index in [1.54, 1.807) is 28.6 Å². The van der Waals surface area contributed by atoms with Gasteiger partial charge in [0, 0.05) is 30.1 Å². The number of nitrogens with zero attached hydrogens (tertiary/aromatic N) is 2. The quantitative estimate of drug-likeness (QED) is 0.776. The molecule has 0 unspecified atom stereocenters. The number of rotatable bonds is 3. The number of thiazole rings is 1. The van der Waals surface area contributed by atoms with Crippen molar-refractivity contribution in [3.8, 4) is 0 Å². The lowest BCUT2D eigenvalue weighted by molar-refractivity contribution is -0.121. The van der Waals surface area contributed by atoms with Crippen molar-refractivity contribution < 1.29 is 9.59 Å². The second-order valence-corrected chi connectivity index (χ2v) is 7.01. The fraction of sp³-hybridized carbons (Fsp3) is 0.150. The zero-order chi connectivity index (χ0) is 17.9. The minimum atomic E-state index is -0.568. The van der Waals surface area contributed by atoms with Gasteiger partial charge in [0.05, 0.1) is 0 Å². The molecule has 0 radical (unpaired) electrons. The Morgan fingerprint density at radius 1 is 1.04 bits per heavy atom. The number of anilines is 1. The van der Waals surface area contributed by atoms with Gasteiger partial charge in [-0.2, -0.15) is 0 Å². The standard InChI is InChI=1S/C20H17N3O2S/c24-18(22-20-21-10-11-26-20)17-12-15-8-4-5-9-16(15)13-23(17)19(25)14-6-2-1-3-7-14/h1-11,17H,12-13H2,(H,21,22,24)/t17-/m0/s1. The molecule has 2 heterocycles. The summed E-state index contributed by atoms with van der Waals surface area (Å²) in [5, 5.41) is 5.18. The number of hydrogen-bond acceptors (Lipinski definition) is 4. The summed E-state index contributed by atoms with van der Waals surface area (Å²) in [7, 11) is 0. The molecule has 0 saturated heterocycles. The van der Waals surface area contributed by atoms with E-state index in [1.807, 2.05) is 42.5 Å². The number of fused-ring (bicyclic) bond motifs is 1. The normalized spacial score (nSPS) is 16.0. The van der Waals surface area contributed by atoms with E-state index in [2.05, 4.69) is 10.3 Å². The number of carbonyl (C=O) groups excluding carboxylic acids is 2. The molecule has 0 bridgehead atoms. The minimum Gasteiger partial charge on any atom is -0.322 e. The molecule has 0 saturated carbocycles. The van der Waals surface area contributed by atoms with E-state index in [9.17, 15) is 9.59 Å². The zero-order valence-electron chi connectivity index (χ0n) is 14.0. The van der Waals surface area contributed by atoms with Crippen LogP contribution in [0.25, 0.3) is 0 Å². The average molecular weight is 363 g/mol. The first-order valence-electron chi connectivity index (χ1n) is 8.35. The largest absolute Gasteiger partial charge is 0.322 e. The molecule has 26 heavy (non-hydrogen) atoms. The maximum absolute atomic E-state index is 13.1. The number of carbonyl (C=O) groups is 2. The van der Waals surface area contributed by atoms with Gasteiger partial charge in [-0.05, 0) is 23.3 Å². The molecule has 1 aromatic heterocycles. The minimum absolute atomic E-state index is 0.139. The van der Waals surface area contributed by atoms with Gasteiger partial charge < -0.3 is 10.2 Å². The van der Waals surface area contributed by atoms with Crippen molar-refractivity contribution in [3.05, 3.63) is 82.9 Å². The van der Waals surface area contributed by atoms with E-state index < -0.39 is 6.04 Å². The summed E-state index contributed by atoms with van der Waals surface area (Å²) < 4.78 is 0. The van der Waals surface area contributed by atoms with Crippen LogP contribution in [-0.2, 0) is 17.8 Å². The number of hydrogen-bond donors (Lipinski definition) is 1. The molecule has 0 fully saturated rings. The molecule has 1 N–H and O–H groups in total. The van der Waals surface area contributed by atoms with Crippen LogP contribution < -0.4 is 5.32 Å². The van der Waals surface area contributed by atoms with Gasteiger partial charge in [-0.3, -0.25) is 9.59 Å². The first-order chi connectivity index (χ1) is 12.7. The molecule has 5 nitrogen and oxygen atoms in total. The molecule has 1 aliphatic rings. The molecular weight excluding hydrogens is 346 g/mol. The predicted octanol–water partition coefficient (Wildman–Crippen LogP) is 3.35. The van der Waals surface area contributed by atoms with Crippen LogP contribution in [0.3, 0.4) is 0 Å². The van der Waals surface area contributed by atoms with Crippen molar-refractivity contribution in [3.63, 3.8) is 0 Å². The van der Waals surface area contributed by atoms with Gasteiger partial charge in [-0.25, -0.2) is 4.98 Å². The SMILES string of the molecule is O=C(Nc1nccs1)[C@@H]1Cc2ccccc2CN1C(=O)c1ccccc1. The molecular formula is C20H17N3O2S. The van der Waals surface area contributed by atoms with Gasteiger partial charge in [0.25, 0.3) is 5.91 Å². The summed E-state index contributed by atoms with van der Waals surface area (Å²) in [6.07, 6.45) is 2.13. The number of aromatic nitrogens is 1. The average Bonchev–Trinajstić information content (AvgIpc) is 3.20. The lowest BCUT2D eigenvalue weighted by Gasteiger charge is -2.36. The molecule has 6 heteroatoms. The van der Waals surface area contributed by atoms with E-state index in [1.165, 1.54) is 11.3 Å². The summed E-state index contributed by atoms with van der Waals surface area (Å²) >= 11 is 1.36. The summed E-state index contributed by atoms with van der Waals surface area (Å²) in [5.41, 5.74) is 2.76. The second-order valence-electron chi connectivity index (χ2n) is 6.11. The Labute approximate surface area is 155 Å². The van der Waals surface area contributed by atoms with Crippen LogP contribution in [0, 0.1) is 0 Å². The van der Waals surface area contributed by atoms with Crippen LogP contribution in [0.15, 0.2) is 66.2 Å². The fourth-order valence-corrected chi connectivity index (χ4v) is 3.72. The third kappa shape index (κ3) is 3.23. The summed E-state index contributed by atoms with van der Waals surface area (Å²) in [4.78, 5) is 31.7. The van der Waals surface area contributed by atoms with Crippen molar-refractivity contribution in [1.82, 2.24) is 9.88 Å². The highest BCUT2D eigenvalue weighted by atomic mass is 32.1. The third-order valence-electron chi connectivity index (χ3n) is 4.50. The highest BCUT2D eigenvalue weighted by Crippen LogP contribution is 2.26. The van der Waals surface area contributed by atoms with Gasteiger partial charge >= 0.3 is 0 Å². The highest BCUT2D eigenvalue weighted by molar-refractivity contribution is 7.13. The second kappa shape index (κ2) is 7.09. The highest BCUT2D eigenvalue weighted by Gasteiger charge is 2.35. The van der Waals surface area contributed by atoms with Gasteiger partial charge in [0.2, 0.25) is 5.91 Å². The Balaban J connectivity index is 1.66. The Hall–Kier alpha value is -2.99. The number of amides is 2. The molecule has 0 aliphatic carbocycles. The summed E-state index contributed by atoms with van der Waals surface area (Å²) in [6.45, 7) is 0.417. The van der Waals surface area contributed by atoms with Gasteiger partial charge in [-0.1, -0.05) is 42.5 Å². The maximum Gasteiger partial charge on any atom is 0.254 e. The Kier molecular flexibility index (Phi) is 4.50. The molecule has 4 rings (SSSR count). The molecule has 130 valence electrons. The molecule has 2 aromatic carbocycles. The Bertz CT molecular complexity index is 925. The third-order valence-corrected chi connectivity index (χ3v) is 5.18. The van der Waals surface area contributed by atoms with Crippen molar-refractivity contribution in [2.75, 3.05) is 5.32 Å². The van der Waals surface area contributed by atoms with E-state index in [4.69, 9.17) is 0 Å². The monoisotopic (exact) mass is 363 g/mol. The summed E-state index contributed by atoms with van der Waals surface area (Å²) in [6, 6.07) is 16.5. The Morgan fingerprint density at radius 3 is 2.50 bits per heavy atom. The fourth-order valence-electron chi connectivity index (χ4n) is 3.19. The summed E-state index contributed by atoms with van der Waals surface area (Å²) in [5.74, 6) is -0.349. The van der Waals surface area contributed by atoms with E-state index in [0.717, 1.165) is 11.1 Å². The zero-order valence-corrected chi connectivity index (χ0v) is 14.8. The van der Waals surface area contributed by atoms with E-state index in [-0.39, 0.29) is 11.8 Å². The molecule has 1 aliphatic heterocycles. The van der Waals surface area contributed by atoms with Gasteiger partial charge in [-0.15, -0.1) is 11.3 Å². The van der Waals surface area contributed by atoms with Crippen LogP contribution in [-0.4, -0.2) is 27.7 Å². The molecule has 0 spiro atoms. The number of benzene rings is 2. The van der Waals surface area contributed by atoms with Gasteiger partial charge in [0.15, 0.2) is 5.13 Å². The van der Waals surface area contributed by atoms with Crippen LogP contribution >= 0.6 is 11.3 Å². The van der Waals surface area contributed by atoms with Crippen LogP contribution in [0.1, 0.15) is 21.5 Å². The smallest absolute Gasteiger partial charge is 0.254 e. The lowest BCUT2D eigenvalue weighted by Crippen LogP contribution is -2.50. The van der Waals surface area contributed by atoms with Crippen molar-refractivity contribution >= 4 is 28.3 Å². The van der Waals surface area contributed by atoms with Crippen LogP contribution in [0.2, 0.25) is 0 Å². The maximum atomic E-state index is 13.1.